The van der Waals surface area contributed by atoms with Crippen molar-refractivity contribution in [2.45, 2.75) is 25.8 Å². The SMILES string of the molecule is CCN1CCC(N)C(CC(=O)O)C1. The first-order valence-corrected chi connectivity index (χ1v) is 4.83. The molecule has 0 aliphatic carbocycles. The van der Waals surface area contributed by atoms with Crippen LogP contribution >= 0.6 is 0 Å². The van der Waals surface area contributed by atoms with E-state index < -0.39 is 5.97 Å². The average Bonchev–Trinajstić information content (AvgIpc) is 2.08. The Hall–Kier alpha value is -0.610. The number of carbonyl (C=O) groups is 1. The Balaban J connectivity index is 2.44. The van der Waals surface area contributed by atoms with Gasteiger partial charge in [0, 0.05) is 12.6 Å². The zero-order valence-corrected chi connectivity index (χ0v) is 8.07. The minimum absolute atomic E-state index is 0.0684. The number of piperidine rings is 1. The van der Waals surface area contributed by atoms with Gasteiger partial charge in [-0.2, -0.15) is 0 Å². The smallest absolute Gasteiger partial charge is 0.303 e. The minimum Gasteiger partial charge on any atom is -0.481 e. The molecule has 2 atom stereocenters. The van der Waals surface area contributed by atoms with Crippen LogP contribution in [0.1, 0.15) is 19.8 Å². The molecule has 0 aromatic carbocycles. The van der Waals surface area contributed by atoms with Crippen molar-refractivity contribution in [3.05, 3.63) is 0 Å². The summed E-state index contributed by atoms with van der Waals surface area (Å²) in [4.78, 5) is 12.8. The second kappa shape index (κ2) is 4.58. The molecular formula is C9H18N2O2. The first-order valence-electron chi connectivity index (χ1n) is 4.83. The van der Waals surface area contributed by atoms with Gasteiger partial charge in [0.2, 0.25) is 0 Å². The number of rotatable bonds is 3. The zero-order chi connectivity index (χ0) is 9.84. The summed E-state index contributed by atoms with van der Waals surface area (Å²) in [5.41, 5.74) is 5.85. The third kappa shape index (κ3) is 2.97. The molecule has 1 aliphatic rings. The van der Waals surface area contributed by atoms with Crippen molar-refractivity contribution in [1.29, 1.82) is 0 Å². The van der Waals surface area contributed by atoms with Gasteiger partial charge in [-0.15, -0.1) is 0 Å². The van der Waals surface area contributed by atoms with Crippen LogP contribution in [0.5, 0.6) is 0 Å². The Morgan fingerprint density at radius 2 is 2.38 bits per heavy atom. The quantitative estimate of drug-likeness (QED) is 0.657. The van der Waals surface area contributed by atoms with Gasteiger partial charge in [-0.3, -0.25) is 4.79 Å². The van der Waals surface area contributed by atoms with Crippen molar-refractivity contribution in [2.75, 3.05) is 19.6 Å². The van der Waals surface area contributed by atoms with Gasteiger partial charge in [0.05, 0.1) is 6.42 Å². The van der Waals surface area contributed by atoms with E-state index in [4.69, 9.17) is 10.8 Å². The van der Waals surface area contributed by atoms with E-state index in [0.717, 1.165) is 26.1 Å². The number of carboxylic acid groups (broad SMARTS) is 1. The Kier molecular flexibility index (Phi) is 3.69. The fourth-order valence-corrected chi connectivity index (χ4v) is 1.85. The molecule has 0 saturated carbocycles. The van der Waals surface area contributed by atoms with Gasteiger partial charge in [0.25, 0.3) is 0 Å². The van der Waals surface area contributed by atoms with Crippen LogP contribution in [0.15, 0.2) is 0 Å². The van der Waals surface area contributed by atoms with E-state index in [2.05, 4.69) is 11.8 Å². The third-order valence-corrected chi connectivity index (χ3v) is 2.76. The van der Waals surface area contributed by atoms with Crippen LogP contribution < -0.4 is 5.73 Å². The number of likely N-dealkylation sites (tertiary alicyclic amines) is 1. The van der Waals surface area contributed by atoms with Crippen molar-refractivity contribution >= 4 is 5.97 Å². The number of nitrogens with two attached hydrogens (primary N) is 1. The van der Waals surface area contributed by atoms with Crippen molar-refractivity contribution in [3.8, 4) is 0 Å². The summed E-state index contributed by atoms with van der Waals surface area (Å²) in [7, 11) is 0. The first kappa shape index (κ1) is 10.5. The predicted molar refractivity (Wildman–Crippen MR) is 50.4 cm³/mol. The van der Waals surface area contributed by atoms with Gasteiger partial charge in [-0.1, -0.05) is 6.92 Å². The highest BCUT2D eigenvalue weighted by Crippen LogP contribution is 2.18. The van der Waals surface area contributed by atoms with E-state index in [1.54, 1.807) is 0 Å². The molecule has 1 fully saturated rings. The maximum Gasteiger partial charge on any atom is 0.303 e. The Morgan fingerprint density at radius 3 is 2.92 bits per heavy atom. The van der Waals surface area contributed by atoms with E-state index in [1.165, 1.54) is 0 Å². The lowest BCUT2D eigenvalue weighted by Crippen LogP contribution is -2.47. The van der Waals surface area contributed by atoms with Gasteiger partial charge < -0.3 is 15.7 Å². The van der Waals surface area contributed by atoms with Gasteiger partial charge in [-0.25, -0.2) is 0 Å². The van der Waals surface area contributed by atoms with E-state index >= 15 is 0 Å². The lowest BCUT2D eigenvalue weighted by Gasteiger charge is -2.35. The molecular weight excluding hydrogens is 168 g/mol. The molecule has 4 nitrogen and oxygen atoms in total. The summed E-state index contributed by atoms with van der Waals surface area (Å²) >= 11 is 0. The first-order chi connectivity index (χ1) is 6.13. The van der Waals surface area contributed by atoms with Crippen LogP contribution in [-0.4, -0.2) is 41.7 Å². The number of hydrogen-bond donors (Lipinski definition) is 2. The van der Waals surface area contributed by atoms with Crippen LogP contribution in [-0.2, 0) is 4.79 Å². The number of hydrogen-bond acceptors (Lipinski definition) is 3. The number of nitrogens with zero attached hydrogens (tertiary/aromatic N) is 1. The van der Waals surface area contributed by atoms with Gasteiger partial charge in [-0.05, 0) is 25.4 Å². The summed E-state index contributed by atoms with van der Waals surface area (Å²) in [5.74, 6) is -0.607. The third-order valence-electron chi connectivity index (χ3n) is 2.76. The predicted octanol–water partition coefficient (Wildman–Crippen LogP) is 0.130. The standard InChI is InChI=1S/C9H18N2O2/c1-2-11-4-3-8(10)7(6-11)5-9(12)13/h7-8H,2-6,10H2,1H3,(H,12,13). The molecule has 2 unspecified atom stereocenters. The van der Waals surface area contributed by atoms with Crippen molar-refractivity contribution in [3.63, 3.8) is 0 Å². The zero-order valence-electron chi connectivity index (χ0n) is 8.07. The van der Waals surface area contributed by atoms with Crippen LogP contribution in [0, 0.1) is 5.92 Å². The van der Waals surface area contributed by atoms with Crippen LogP contribution in [0.3, 0.4) is 0 Å². The molecule has 76 valence electrons. The topological polar surface area (TPSA) is 66.6 Å². The van der Waals surface area contributed by atoms with Crippen LogP contribution in [0.25, 0.3) is 0 Å². The van der Waals surface area contributed by atoms with Gasteiger partial charge in [0.1, 0.15) is 0 Å². The lowest BCUT2D eigenvalue weighted by atomic mass is 9.90. The lowest BCUT2D eigenvalue weighted by molar-refractivity contribution is -0.138. The monoisotopic (exact) mass is 186 g/mol. The van der Waals surface area contributed by atoms with E-state index in [-0.39, 0.29) is 18.4 Å². The number of carboxylic acids is 1. The van der Waals surface area contributed by atoms with E-state index in [1.807, 2.05) is 0 Å². The molecule has 3 N–H and O–H groups in total. The fourth-order valence-electron chi connectivity index (χ4n) is 1.85. The maximum atomic E-state index is 10.5. The molecule has 0 spiro atoms. The molecule has 1 saturated heterocycles. The maximum absolute atomic E-state index is 10.5. The average molecular weight is 186 g/mol. The molecule has 0 bridgehead atoms. The Labute approximate surface area is 78.7 Å². The fraction of sp³-hybridized carbons (Fsp3) is 0.889. The van der Waals surface area contributed by atoms with E-state index in [9.17, 15) is 4.79 Å². The summed E-state index contributed by atoms with van der Waals surface area (Å²) in [6.07, 6.45) is 1.13. The minimum atomic E-state index is -0.738. The summed E-state index contributed by atoms with van der Waals surface area (Å²) in [6.45, 7) is 4.93. The highest BCUT2D eigenvalue weighted by molar-refractivity contribution is 5.67. The Morgan fingerprint density at radius 1 is 1.69 bits per heavy atom. The summed E-state index contributed by atoms with van der Waals surface area (Å²) < 4.78 is 0. The van der Waals surface area contributed by atoms with Crippen LogP contribution in [0.2, 0.25) is 0 Å². The van der Waals surface area contributed by atoms with Gasteiger partial charge in [0.15, 0.2) is 0 Å². The van der Waals surface area contributed by atoms with Crippen molar-refractivity contribution < 1.29 is 9.90 Å². The Bertz CT molecular complexity index is 184. The molecule has 0 radical (unpaired) electrons. The number of aliphatic carboxylic acids is 1. The van der Waals surface area contributed by atoms with Gasteiger partial charge >= 0.3 is 5.97 Å². The van der Waals surface area contributed by atoms with Crippen LogP contribution in [0.4, 0.5) is 0 Å². The molecule has 4 heteroatoms. The van der Waals surface area contributed by atoms with Crippen molar-refractivity contribution in [2.24, 2.45) is 11.7 Å². The summed E-state index contributed by atoms with van der Waals surface area (Å²) in [6, 6.07) is 0.0684. The largest absolute Gasteiger partial charge is 0.481 e. The molecule has 1 aliphatic heterocycles. The normalized spacial score (nSPS) is 30.3. The second-order valence-corrected chi connectivity index (χ2v) is 3.70. The van der Waals surface area contributed by atoms with E-state index in [0.29, 0.717) is 0 Å². The molecule has 0 aromatic heterocycles. The highest BCUT2D eigenvalue weighted by Gasteiger charge is 2.27. The second-order valence-electron chi connectivity index (χ2n) is 3.70. The summed E-state index contributed by atoms with van der Waals surface area (Å²) in [5, 5.41) is 8.67. The molecule has 1 rings (SSSR count). The molecule has 0 aromatic rings. The molecule has 1 heterocycles. The molecule has 13 heavy (non-hydrogen) atoms. The highest BCUT2D eigenvalue weighted by atomic mass is 16.4. The van der Waals surface area contributed by atoms with Crippen molar-refractivity contribution in [1.82, 2.24) is 4.90 Å². The molecule has 0 amide bonds.